The first-order valence-electron chi connectivity index (χ1n) is 8.60. The Bertz CT molecular complexity index is 755. The molecule has 0 saturated heterocycles. The first-order valence-corrected chi connectivity index (χ1v) is 9.72. The lowest BCUT2D eigenvalue weighted by molar-refractivity contribution is -0.143. The molecule has 0 fully saturated rings. The van der Waals surface area contributed by atoms with Crippen molar-refractivity contribution in [2.45, 2.75) is 38.1 Å². The SMILES string of the molecule is CC#CC(CC(=O)OCC)c1ccc(OCc2ccc(CBr)cc2)cc1. The zero-order valence-electron chi connectivity index (χ0n) is 15.1. The Labute approximate surface area is 163 Å². The maximum absolute atomic E-state index is 11.8. The normalized spacial score (nSPS) is 11.2. The standard InChI is InChI=1S/C22H23BrO3/c1-3-5-20(14-22(24)25-4-2)19-10-12-21(13-11-19)26-16-18-8-6-17(15-23)7-9-18/h6-13,20H,4,14-16H2,1-2H3. The molecule has 0 saturated carbocycles. The van der Waals surface area contributed by atoms with Gasteiger partial charge in [-0.15, -0.1) is 5.92 Å². The molecule has 26 heavy (non-hydrogen) atoms. The molecule has 2 rings (SSSR count). The van der Waals surface area contributed by atoms with E-state index in [0.29, 0.717) is 13.2 Å². The summed E-state index contributed by atoms with van der Waals surface area (Å²) in [5.74, 6) is 6.37. The van der Waals surface area contributed by atoms with Crippen LogP contribution in [0.3, 0.4) is 0 Å². The molecule has 2 aromatic carbocycles. The Balaban J connectivity index is 1.98. The fourth-order valence-electron chi connectivity index (χ4n) is 2.50. The second-order valence-corrected chi connectivity index (χ2v) is 6.32. The van der Waals surface area contributed by atoms with Crippen molar-refractivity contribution < 1.29 is 14.3 Å². The monoisotopic (exact) mass is 414 g/mol. The van der Waals surface area contributed by atoms with Crippen molar-refractivity contribution in [1.82, 2.24) is 0 Å². The molecule has 0 aliphatic carbocycles. The van der Waals surface area contributed by atoms with Crippen molar-refractivity contribution in [2.75, 3.05) is 6.61 Å². The number of carbonyl (C=O) groups is 1. The van der Waals surface area contributed by atoms with E-state index in [1.807, 2.05) is 24.3 Å². The molecule has 3 nitrogen and oxygen atoms in total. The Hall–Kier alpha value is -2.25. The number of hydrogen-bond donors (Lipinski definition) is 0. The van der Waals surface area contributed by atoms with Gasteiger partial charge in [0.1, 0.15) is 12.4 Å². The summed E-state index contributed by atoms with van der Waals surface area (Å²) in [4.78, 5) is 11.8. The minimum absolute atomic E-state index is 0.162. The largest absolute Gasteiger partial charge is 0.489 e. The van der Waals surface area contributed by atoms with Crippen molar-refractivity contribution in [3.8, 4) is 17.6 Å². The van der Waals surface area contributed by atoms with E-state index < -0.39 is 0 Å². The van der Waals surface area contributed by atoms with E-state index in [9.17, 15) is 4.79 Å². The summed E-state index contributed by atoms with van der Waals surface area (Å²) in [5, 5.41) is 0.850. The van der Waals surface area contributed by atoms with Gasteiger partial charge in [0.15, 0.2) is 0 Å². The lowest BCUT2D eigenvalue weighted by Crippen LogP contribution is -2.09. The fourth-order valence-corrected chi connectivity index (χ4v) is 2.87. The van der Waals surface area contributed by atoms with Crippen molar-refractivity contribution >= 4 is 21.9 Å². The summed E-state index contributed by atoms with van der Waals surface area (Å²) in [6.45, 7) is 4.48. The molecule has 0 aliphatic rings. The fraction of sp³-hybridized carbons (Fsp3) is 0.318. The van der Waals surface area contributed by atoms with Crippen molar-refractivity contribution in [3.05, 3.63) is 65.2 Å². The maximum Gasteiger partial charge on any atom is 0.307 e. The molecule has 0 radical (unpaired) electrons. The molecular weight excluding hydrogens is 392 g/mol. The number of ether oxygens (including phenoxy) is 2. The summed E-state index contributed by atoms with van der Waals surface area (Å²) in [5.41, 5.74) is 3.35. The van der Waals surface area contributed by atoms with Gasteiger partial charge < -0.3 is 9.47 Å². The van der Waals surface area contributed by atoms with Crippen LogP contribution in [-0.2, 0) is 21.5 Å². The molecule has 0 N–H and O–H groups in total. The second-order valence-electron chi connectivity index (χ2n) is 5.76. The Morgan fingerprint density at radius 3 is 2.31 bits per heavy atom. The van der Waals surface area contributed by atoms with Gasteiger partial charge in [-0.2, -0.15) is 0 Å². The van der Waals surface area contributed by atoms with Gasteiger partial charge in [-0.25, -0.2) is 0 Å². The predicted octanol–water partition coefficient (Wildman–Crippen LogP) is 5.22. The Morgan fingerprint density at radius 2 is 1.73 bits per heavy atom. The van der Waals surface area contributed by atoms with Gasteiger partial charge in [-0.1, -0.05) is 58.2 Å². The van der Waals surface area contributed by atoms with Crippen LogP contribution in [0.5, 0.6) is 5.75 Å². The predicted molar refractivity (Wildman–Crippen MR) is 107 cm³/mol. The van der Waals surface area contributed by atoms with Crippen LogP contribution in [0.2, 0.25) is 0 Å². The van der Waals surface area contributed by atoms with Gasteiger partial charge in [0.25, 0.3) is 0 Å². The highest BCUT2D eigenvalue weighted by Gasteiger charge is 2.14. The summed E-state index contributed by atoms with van der Waals surface area (Å²) in [6, 6.07) is 16.0. The summed E-state index contributed by atoms with van der Waals surface area (Å²) >= 11 is 3.44. The van der Waals surface area contributed by atoms with Crippen molar-refractivity contribution in [2.24, 2.45) is 0 Å². The third-order valence-electron chi connectivity index (χ3n) is 3.86. The summed E-state index contributed by atoms with van der Waals surface area (Å²) in [6.07, 6.45) is 0.259. The molecule has 4 heteroatoms. The highest BCUT2D eigenvalue weighted by molar-refractivity contribution is 9.08. The lowest BCUT2D eigenvalue weighted by atomic mass is 9.96. The van der Waals surface area contributed by atoms with Crippen LogP contribution in [0.1, 0.15) is 42.9 Å². The third-order valence-corrected chi connectivity index (χ3v) is 4.51. The van der Waals surface area contributed by atoms with E-state index in [0.717, 1.165) is 22.2 Å². The summed E-state index contributed by atoms with van der Waals surface area (Å²) in [7, 11) is 0. The highest BCUT2D eigenvalue weighted by atomic mass is 79.9. The molecule has 0 amide bonds. The summed E-state index contributed by atoms with van der Waals surface area (Å²) < 4.78 is 10.9. The number of carbonyl (C=O) groups excluding carboxylic acids is 1. The zero-order valence-corrected chi connectivity index (χ0v) is 16.7. The average Bonchev–Trinajstić information content (AvgIpc) is 2.67. The van der Waals surface area contributed by atoms with Crippen LogP contribution in [0.25, 0.3) is 0 Å². The van der Waals surface area contributed by atoms with Gasteiger partial charge in [-0.3, -0.25) is 4.79 Å². The van der Waals surface area contributed by atoms with Crippen LogP contribution in [0, 0.1) is 11.8 Å². The first kappa shape index (κ1) is 20.1. The molecule has 0 spiro atoms. The van der Waals surface area contributed by atoms with E-state index in [1.165, 1.54) is 5.56 Å². The van der Waals surface area contributed by atoms with Crippen LogP contribution in [0.4, 0.5) is 0 Å². The molecule has 1 atom stereocenters. The molecule has 0 aliphatic heterocycles. The number of rotatable bonds is 8. The van der Waals surface area contributed by atoms with Crippen LogP contribution >= 0.6 is 15.9 Å². The smallest absolute Gasteiger partial charge is 0.307 e. The number of alkyl halides is 1. The number of halogens is 1. The van der Waals surface area contributed by atoms with Gasteiger partial charge in [0.05, 0.1) is 18.9 Å². The van der Waals surface area contributed by atoms with E-state index in [-0.39, 0.29) is 18.3 Å². The third kappa shape index (κ3) is 6.24. The second kappa shape index (κ2) is 10.7. The van der Waals surface area contributed by atoms with E-state index in [2.05, 4.69) is 52.0 Å². The first-order chi connectivity index (χ1) is 12.7. The average molecular weight is 415 g/mol. The molecule has 0 aromatic heterocycles. The van der Waals surface area contributed by atoms with Crippen molar-refractivity contribution in [3.63, 3.8) is 0 Å². The van der Waals surface area contributed by atoms with E-state index >= 15 is 0 Å². The van der Waals surface area contributed by atoms with E-state index in [4.69, 9.17) is 9.47 Å². The Morgan fingerprint density at radius 1 is 1.08 bits per heavy atom. The molecule has 0 heterocycles. The van der Waals surface area contributed by atoms with Crippen molar-refractivity contribution in [1.29, 1.82) is 0 Å². The van der Waals surface area contributed by atoms with Crippen LogP contribution in [0.15, 0.2) is 48.5 Å². The minimum Gasteiger partial charge on any atom is -0.489 e. The Kier molecular flexibility index (Phi) is 8.24. The molecule has 1 unspecified atom stereocenters. The number of benzene rings is 2. The quantitative estimate of drug-likeness (QED) is 0.337. The number of esters is 1. The van der Waals surface area contributed by atoms with Gasteiger partial charge in [-0.05, 0) is 42.7 Å². The maximum atomic E-state index is 11.8. The molecular formula is C22H23BrO3. The highest BCUT2D eigenvalue weighted by Crippen LogP contribution is 2.23. The molecule has 136 valence electrons. The van der Waals surface area contributed by atoms with Gasteiger partial charge >= 0.3 is 5.97 Å². The van der Waals surface area contributed by atoms with Crippen LogP contribution < -0.4 is 4.74 Å². The van der Waals surface area contributed by atoms with Gasteiger partial charge in [0.2, 0.25) is 0 Å². The molecule has 2 aromatic rings. The van der Waals surface area contributed by atoms with E-state index in [1.54, 1.807) is 13.8 Å². The minimum atomic E-state index is -0.229. The molecule has 0 bridgehead atoms. The topological polar surface area (TPSA) is 35.5 Å². The zero-order chi connectivity index (χ0) is 18.8. The number of hydrogen-bond acceptors (Lipinski definition) is 3. The van der Waals surface area contributed by atoms with Gasteiger partial charge in [0, 0.05) is 5.33 Å². The lowest BCUT2D eigenvalue weighted by Gasteiger charge is -2.12. The van der Waals surface area contributed by atoms with Crippen LogP contribution in [-0.4, -0.2) is 12.6 Å².